The molecule has 0 unspecified atom stereocenters. The first-order valence-electron chi connectivity index (χ1n) is 5.39. The first-order valence-corrected chi connectivity index (χ1v) is 7.06. The Hall–Kier alpha value is -1.00. The number of hydrogen-bond acceptors (Lipinski definition) is 3. The van der Waals surface area contributed by atoms with E-state index in [9.17, 15) is 0 Å². The van der Waals surface area contributed by atoms with Gasteiger partial charge in [0.2, 0.25) is 0 Å². The lowest BCUT2D eigenvalue weighted by molar-refractivity contribution is 1.13. The van der Waals surface area contributed by atoms with Gasteiger partial charge < -0.3 is 10.2 Å². The zero-order chi connectivity index (χ0) is 12.3. The van der Waals surface area contributed by atoms with Gasteiger partial charge in [-0.05, 0) is 57.2 Å². The largest absolute Gasteiger partial charge is 0.381 e. The molecule has 0 spiro atoms. The zero-order valence-corrected chi connectivity index (χ0v) is 12.3. The molecule has 0 saturated carbocycles. The quantitative estimate of drug-likeness (QED) is 0.911. The summed E-state index contributed by atoms with van der Waals surface area (Å²) in [4.78, 5) is 2.10. The Kier molecular flexibility index (Phi) is 4.07. The van der Waals surface area contributed by atoms with Crippen molar-refractivity contribution in [3.05, 3.63) is 45.1 Å². The fourth-order valence-corrected chi connectivity index (χ4v) is 2.73. The molecule has 1 N–H and O–H groups in total. The molecule has 2 rings (SSSR count). The molecule has 0 atom stereocenters. The number of benzene rings is 1. The molecular weight excluding hydrogens is 296 g/mol. The number of thiophene rings is 1. The van der Waals surface area contributed by atoms with Crippen molar-refractivity contribution < 1.29 is 0 Å². The highest BCUT2D eigenvalue weighted by Crippen LogP contribution is 2.22. The van der Waals surface area contributed by atoms with E-state index in [4.69, 9.17) is 0 Å². The van der Waals surface area contributed by atoms with Gasteiger partial charge in [0, 0.05) is 32.0 Å². The lowest BCUT2D eigenvalue weighted by Gasteiger charge is -2.13. The highest BCUT2D eigenvalue weighted by atomic mass is 79.9. The lowest BCUT2D eigenvalue weighted by Crippen LogP contribution is -2.08. The molecular formula is C13H15BrN2S. The van der Waals surface area contributed by atoms with Crippen LogP contribution in [0.25, 0.3) is 0 Å². The lowest BCUT2D eigenvalue weighted by atomic mass is 10.2. The van der Waals surface area contributed by atoms with E-state index < -0.39 is 0 Å². The second kappa shape index (κ2) is 5.56. The Labute approximate surface area is 114 Å². The number of anilines is 2. The van der Waals surface area contributed by atoms with Crippen molar-refractivity contribution in [2.45, 2.75) is 6.54 Å². The molecule has 0 aliphatic heterocycles. The van der Waals surface area contributed by atoms with Gasteiger partial charge >= 0.3 is 0 Å². The second-order valence-electron chi connectivity index (χ2n) is 4.05. The Morgan fingerprint density at radius 1 is 1.24 bits per heavy atom. The van der Waals surface area contributed by atoms with E-state index in [1.165, 1.54) is 15.0 Å². The van der Waals surface area contributed by atoms with Gasteiger partial charge in [-0.3, -0.25) is 0 Å². The van der Waals surface area contributed by atoms with Gasteiger partial charge in [0.05, 0.1) is 3.79 Å². The molecule has 1 heterocycles. The van der Waals surface area contributed by atoms with Crippen molar-refractivity contribution in [3.8, 4) is 0 Å². The fourth-order valence-electron chi connectivity index (χ4n) is 1.52. The minimum Gasteiger partial charge on any atom is -0.381 e. The standard InChI is InChI=1S/C13H15BrN2S/c1-16(2)12-5-3-11(4-6-12)15-8-10-7-13(14)17-9-10/h3-7,9,15H,8H2,1-2H3. The fraction of sp³-hybridized carbons (Fsp3) is 0.231. The van der Waals surface area contributed by atoms with Crippen LogP contribution in [0.5, 0.6) is 0 Å². The predicted molar refractivity (Wildman–Crippen MR) is 80.1 cm³/mol. The van der Waals surface area contributed by atoms with Crippen LogP contribution in [-0.2, 0) is 6.54 Å². The van der Waals surface area contributed by atoms with Crippen LogP contribution in [0, 0.1) is 0 Å². The molecule has 0 aliphatic rings. The molecule has 0 saturated heterocycles. The Morgan fingerprint density at radius 2 is 1.94 bits per heavy atom. The molecule has 0 aliphatic carbocycles. The van der Waals surface area contributed by atoms with E-state index in [-0.39, 0.29) is 0 Å². The molecule has 0 bridgehead atoms. The number of nitrogens with zero attached hydrogens (tertiary/aromatic N) is 1. The van der Waals surface area contributed by atoms with E-state index in [2.05, 4.69) is 61.9 Å². The first kappa shape index (κ1) is 12.5. The van der Waals surface area contributed by atoms with Crippen LogP contribution in [0.2, 0.25) is 0 Å². The van der Waals surface area contributed by atoms with Crippen LogP contribution in [0.1, 0.15) is 5.56 Å². The zero-order valence-electron chi connectivity index (χ0n) is 9.90. The van der Waals surface area contributed by atoms with Gasteiger partial charge in [-0.25, -0.2) is 0 Å². The van der Waals surface area contributed by atoms with E-state index in [1.54, 1.807) is 11.3 Å². The summed E-state index contributed by atoms with van der Waals surface area (Å²) in [5, 5.41) is 5.57. The van der Waals surface area contributed by atoms with Crippen molar-refractivity contribution in [1.29, 1.82) is 0 Å². The maximum Gasteiger partial charge on any atom is 0.0701 e. The van der Waals surface area contributed by atoms with E-state index in [1.807, 2.05) is 14.1 Å². The Bertz CT molecular complexity index is 476. The molecule has 4 heteroatoms. The Morgan fingerprint density at radius 3 is 2.47 bits per heavy atom. The SMILES string of the molecule is CN(C)c1ccc(NCc2csc(Br)c2)cc1. The van der Waals surface area contributed by atoms with Gasteiger partial charge in [0.15, 0.2) is 0 Å². The van der Waals surface area contributed by atoms with Gasteiger partial charge in [-0.1, -0.05) is 0 Å². The molecule has 17 heavy (non-hydrogen) atoms. The van der Waals surface area contributed by atoms with Crippen LogP contribution in [0.4, 0.5) is 11.4 Å². The third-order valence-corrected chi connectivity index (χ3v) is 4.06. The number of hydrogen-bond donors (Lipinski definition) is 1. The van der Waals surface area contributed by atoms with E-state index >= 15 is 0 Å². The summed E-state index contributed by atoms with van der Waals surface area (Å²) in [5.41, 5.74) is 3.67. The predicted octanol–water partition coefficient (Wildman–Crippen LogP) is 4.19. The number of nitrogens with one attached hydrogen (secondary N) is 1. The van der Waals surface area contributed by atoms with Gasteiger partial charge in [0.25, 0.3) is 0 Å². The summed E-state index contributed by atoms with van der Waals surface area (Å²) >= 11 is 5.18. The highest BCUT2D eigenvalue weighted by Gasteiger charge is 1.98. The molecule has 2 nitrogen and oxygen atoms in total. The summed E-state index contributed by atoms with van der Waals surface area (Å²) in [6, 6.07) is 10.6. The van der Waals surface area contributed by atoms with Crippen molar-refractivity contribution >= 4 is 38.6 Å². The van der Waals surface area contributed by atoms with Crippen molar-refractivity contribution in [1.82, 2.24) is 0 Å². The summed E-state index contributed by atoms with van der Waals surface area (Å²) in [6.07, 6.45) is 0. The van der Waals surface area contributed by atoms with Gasteiger partial charge in [-0.2, -0.15) is 0 Å². The normalized spacial score (nSPS) is 10.3. The van der Waals surface area contributed by atoms with Crippen molar-refractivity contribution in [2.24, 2.45) is 0 Å². The number of rotatable bonds is 4. The average Bonchev–Trinajstić information content (AvgIpc) is 2.73. The molecule has 1 aromatic carbocycles. The maximum atomic E-state index is 3.47. The smallest absolute Gasteiger partial charge is 0.0701 e. The van der Waals surface area contributed by atoms with Crippen LogP contribution in [0.15, 0.2) is 39.5 Å². The third kappa shape index (κ3) is 3.48. The summed E-state index contributed by atoms with van der Waals surface area (Å²) in [6.45, 7) is 0.864. The Balaban J connectivity index is 1.95. The summed E-state index contributed by atoms with van der Waals surface area (Å²) in [7, 11) is 4.09. The maximum absolute atomic E-state index is 3.47. The third-order valence-electron chi connectivity index (χ3n) is 2.50. The molecule has 1 aromatic heterocycles. The van der Waals surface area contributed by atoms with Crippen molar-refractivity contribution in [3.63, 3.8) is 0 Å². The molecule has 0 radical (unpaired) electrons. The van der Waals surface area contributed by atoms with Crippen LogP contribution in [0.3, 0.4) is 0 Å². The molecule has 2 aromatic rings. The minimum absolute atomic E-state index is 0.864. The average molecular weight is 311 g/mol. The number of halogens is 1. The molecule has 90 valence electrons. The van der Waals surface area contributed by atoms with Crippen LogP contribution in [-0.4, -0.2) is 14.1 Å². The monoisotopic (exact) mass is 310 g/mol. The highest BCUT2D eigenvalue weighted by molar-refractivity contribution is 9.11. The van der Waals surface area contributed by atoms with Gasteiger partial charge in [0.1, 0.15) is 0 Å². The molecule has 0 amide bonds. The minimum atomic E-state index is 0.864. The van der Waals surface area contributed by atoms with Gasteiger partial charge in [-0.15, -0.1) is 11.3 Å². The topological polar surface area (TPSA) is 15.3 Å². The van der Waals surface area contributed by atoms with Crippen molar-refractivity contribution in [2.75, 3.05) is 24.3 Å². The van der Waals surface area contributed by atoms with Crippen LogP contribution < -0.4 is 10.2 Å². The molecule has 0 fully saturated rings. The second-order valence-corrected chi connectivity index (χ2v) is 6.34. The van der Waals surface area contributed by atoms with Crippen LogP contribution >= 0.6 is 27.3 Å². The van der Waals surface area contributed by atoms with E-state index in [0.717, 1.165) is 12.2 Å². The summed E-state index contributed by atoms with van der Waals surface area (Å²) < 4.78 is 1.18. The van der Waals surface area contributed by atoms with E-state index in [0.29, 0.717) is 0 Å². The summed E-state index contributed by atoms with van der Waals surface area (Å²) in [5.74, 6) is 0. The first-order chi connectivity index (χ1) is 8.15.